The summed E-state index contributed by atoms with van der Waals surface area (Å²) in [7, 11) is 1.59. The van der Waals surface area contributed by atoms with Crippen LogP contribution in [0, 0.1) is 17.8 Å². The van der Waals surface area contributed by atoms with Crippen molar-refractivity contribution in [2.75, 3.05) is 20.3 Å². The molecule has 0 aromatic heterocycles. The minimum absolute atomic E-state index is 0.0986. The number of phenols is 1. The molecule has 2 saturated heterocycles. The summed E-state index contributed by atoms with van der Waals surface area (Å²) in [6.07, 6.45) is 3.94. The van der Waals surface area contributed by atoms with E-state index in [0.717, 1.165) is 46.4 Å². The van der Waals surface area contributed by atoms with E-state index in [4.69, 9.17) is 9.47 Å². The number of likely N-dealkylation sites (tertiary alicyclic amines) is 1. The summed E-state index contributed by atoms with van der Waals surface area (Å²) >= 11 is 0. The summed E-state index contributed by atoms with van der Waals surface area (Å²) in [4.78, 5) is 27.4. The highest BCUT2D eigenvalue weighted by Crippen LogP contribution is 2.49. The number of aromatic hydroxyl groups is 1. The lowest BCUT2D eigenvalue weighted by Crippen LogP contribution is -2.35. The zero-order chi connectivity index (χ0) is 27.6. The topological polar surface area (TPSA) is 76.1 Å². The molecule has 0 spiro atoms. The Balaban J connectivity index is 1.30. The molecule has 2 fully saturated rings. The van der Waals surface area contributed by atoms with Gasteiger partial charge in [0.1, 0.15) is 18.1 Å². The Hall–Kier alpha value is -4.16. The van der Waals surface area contributed by atoms with Gasteiger partial charge in [0.05, 0.1) is 24.5 Å². The van der Waals surface area contributed by atoms with Crippen molar-refractivity contribution in [2.45, 2.75) is 25.4 Å². The number of amides is 2. The monoisotopic (exact) mass is 535 g/mol. The molecule has 6 rings (SSSR count). The standard InChI is InChI=1S/C34H33NO5/c1-35-33(37)28-19-25(20-39-27-13-6-3-7-14-27)31-29(32(28)34(35)38)21-40-30(31)16-15-24(23-10-4-2-5-11-23)17-22-9-8-12-26(36)18-22/h2-14,17-18,28-30,32,36H,15-16,19-21H2,1H3/b24-17-/t28-,29+,30-,32-/m1/s1. The van der Waals surface area contributed by atoms with Crippen molar-refractivity contribution in [1.29, 1.82) is 0 Å². The van der Waals surface area contributed by atoms with Crippen LogP contribution in [0.1, 0.15) is 30.4 Å². The van der Waals surface area contributed by atoms with E-state index in [9.17, 15) is 14.7 Å². The van der Waals surface area contributed by atoms with Gasteiger partial charge >= 0.3 is 0 Å². The van der Waals surface area contributed by atoms with Gasteiger partial charge in [0.2, 0.25) is 11.8 Å². The summed E-state index contributed by atoms with van der Waals surface area (Å²) < 4.78 is 12.6. The van der Waals surface area contributed by atoms with Gasteiger partial charge in [-0.1, -0.05) is 66.7 Å². The number of ether oxygens (including phenoxy) is 2. The minimum atomic E-state index is -0.366. The number of benzene rings is 3. The fraction of sp³-hybridized carbons (Fsp3) is 0.294. The molecule has 6 heteroatoms. The van der Waals surface area contributed by atoms with Crippen LogP contribution >= 0.6 is 0 Å². The maximum atomic E-state index is 13.1. The summed E-state index contributed by atoms with van der Waals surface area (Å²) in [5.74, 6) is -0.0312. The molecular weight excluding hydrogens is 502 g/mol. The number of para-hydroxylation sites is 1. The highest BCUT2D eigenvalue weighted by molar-refractivity contribution is 6.05. The Morgan fingerprint density at radius 2 is 1.73 bits per heavy atom. The molecule has 0 radical (unpaired) electrons. The lowest BCUT2D eigenvalue weighted by molar-refractivity contribution is -0.138. The van der Waals surface area contributed by atoms with Crippen LogP contribution in [-0.4, -0.2) is 48.2 Å². The van der Waals surface area contributed by atoms with E-state index in [0.29, 0.717) is 19.6 Å². The molecular formula is C34H33NO5. The molecule has 1 N–H and O–H groups in total. The van der Waals surface area contributed by atoms with Crippen molar-refractivity contribution in [3.05, 3.63) is 107 Å². The van der Waals surface area contributed by atoms with Crippen LogP contribution in [0.2, 0.25) is 0 Å². The van der Waals surface area contributed by atoms with Crippen molar-refractivity contribution in [1.82, 2.24) is 4.90 Å². The fourth-order valence-electron chi connectivity index (χ4n) is 6.50. The number of carbonyl (C=O) groups excluding carboxylic acids is 2. The number of hydrogen-bond acceptors (Lipinski definition) is 5. The van der Waals surface area contributed by atoms with Crippen LogP contribution in [0.15, 0.2) is 96.1 Å². The molecule has 0 saturated carbocycles. The van der Waals surface area contributed by atoms with Gasteiger partial charge in [-0.2, -0.15) is 0 Å². The predicted octanol–water partition coefficient (Wildman–Crippen LogP) is 5.74. The van der Waals surface area contributed by atoms with E-state index < -0.39 is 0 Å². The first-order valence-corrected chi connectivity index (χ1v) is 13.9. The van der Waals surface area contributed by atoms with Gasteiger partial charge in [0, 0.05) is 13.0 Å². The molecule has 40 heavy (non-hydrogen) atoms. The lowest BCUT2D eigenvalue weighted by atomic mass is 9.69. The number of nitrogens with zero attached hydrogens (tertiary/aromatic N) is 1. The molecule has 6 nitrogen and oxygen atoms in total. The third-order valence-electron chi connectivity index (χ3n) is 8.42. The first-order valence-electron chi connectivity index (χ1n) is 13.9. The maximum Gasteiger partial charge on any atom is 0.233 e. The first-order chi connectivity index (χ1) is 19.5. The molecule has 4 atom stereocenters. The second-order valence-electron chi connectivity index (χ2n) is 10.8. The summed E-state index contributed by atoms with van der Waals surface area (Å²) in [6, 6.07) is 27.1. The lowest BCUT2D eigenvalue weighted by Gasteiger charge is -2.32. The molecule has 204 valence electrons. The van der Waals surface area contributed by atoms with Crippen molar-refractivity contribution in [3.63, 3.8) is 0 Å². The van der Waals surface area contributed by atoms with E-state index >= 15 is 0 Å². The smallest absolute Gasteiger partial charge is 0.233 e. The fourth-order valence-corrected chi connectivity index (χ4v) is 6.50. The van der Waals surface area contributed by atoms with E-state index in [-0.39, 0.29) is 41.4 Å². The first kappa shape index (κ1) is 26.1. The average molecular weight is 536 g/mol. The number of imide groups is 1. The Labute approximate surface area is 234 Å². The van der Waals surface area contributed by atoms with Crippen LogP contribution < -0.4 is 4.74 Å². The third kappa shape index (κ3) is 5.07. The molecule has 1 aliphatic carbocycles. The number of rotatable bonds is 8. The van der Waals surface area contributed by atoms with Crippen LogP contribution in [-0.2, 0) is 14.3 Å². The third-order valence-corrected chi connectivity index (χ3v) is 8.42. The summed E-state index contributed by atoms with van der Waals surface area (Å²) in [5.41, 5.74) is 5.40. The quantitative estimate of drug-likeness (QED) is 0.226. The molecule has 2 heterocycles. The molecule has 0 bridgehead atoms. The molecule has 2 amide bonds. The summed E-state index contributed by atoms with van der Waals surface area (Å²) in [6.45, 7) is 0.800. The van der Waals surface area contributed by atoms with Gasteiger partial charge in [-0.15, -0.1) is 0 Å². The van der Waals surface area contributed by atoms with Crippen molar-refractivity contribution < 1.29 is 24.2 Å². The summed E-state index contributed by atoms with van der Waals surface area (Å²) in [5, 5.41) is 10.0. The van der Waals surface area contributed by atoms with Crippen LogP contribution in [0.25, 0.3) is 11.6 Å². The predicted molar refractivity (Wildman–Crippen MR) is 153 cm³/mol. The second kappa shape index (κ2) is 11.1. The van der Waals surface area contributed by atoms with E-state index in [1.807, 2.05) is 60.7 Å². The molecule has 3 aromatic carbocycles. The SMILES string of the molecule is CN1C(=O)[C@@H]2[C@@H](CC(COc3ccccc3)=C3[C@@H](CC/C(=C/c4cccc(O)c4)c4ccccc4)OC[C@@H]32)C1=O. The number of allylic oxidation sites excluding steroid dienone is 1. The number of phenolic OH excluding ortho intramolecular Hbond substituents is 1. The van der Waals surface area contributed by atoms with Crippen LogP contribution in [0.5, 0.6) is 11.5 Å². The van der Waals surface area contributed by atoms with Gasteiger partial charge in [-0.3, -0.25) is 14.5 Å². The van der Waals surface area contributed by atoms with E-state index in [2.05, 4.69) is 18.2 Å². The zero-order valence-corrected chi connectivity index (χ0v) is 22.5. The van der Waals surface area contributed by atoms with Crippen LogP contribution in [0.3, 0.4) is 0 Å². The Morgan fingerprint density at radius 3 is 2.48 bits per heavy atom. The molecule has 3 aromatic rings. The van der Waals surface area contributed by atoms with Crippen LogP contribution in [0.4, 0.5) is 0 Å². The Bertz CT molecular complexity index is 1460. The average Bonchev–Trinajstić information content (AvgIpc) is 3.50. The number of carbonyl (C=O) groups is 2. The highest BCUT2D eigenvalue weighted by atomic mass is 16.5. The van der Waals surface area contributed by atoms with E-state index in [1.54, 1.807) is 19.2 Å². The minimum Gasteiger partial charge on any atom is -0.508 e. The highest BCUT2D eigenvalue weighted by Gasteiger charge is 2.56. The van der Waals surface area contributed by atoms with Gasteiger partial charge in [0.25, 0.3) is 0 Å². The Morgan fingerprint density at radius 1 is 0.975 bits per heavy atom. The van der Waals surface area contributed by atoms with Crippen molar-refractivity contribution in [3.8, 4) is 11.5 Å². The zero-order valence-electron chi connectivity index (χ0n) is 22.5. The van der Waals surface area contributed by atoms with Gasteiger partial charge in [0.15, 0.2) is 0 Å². The largest absolute Gasteiger partial charge is 0.508 e. The van der Waals surface area contributed by atoms with Crippen molar-refractivity contribution in [2.24, 2.45) is 17.8 Å². The normalized spacial score (nSPS) is 24.3. The Kier molecular flexibility index (Phi) is 7.27. The second-order valence-corrected chi connectivity index (χ2v) is 10.8. The van der Waals surface area contributed by atoms with Crippen molar-refractivity contribution >= 4 is 23.5 Å². The maximum absolute atomic E-state index is 13.1. The number of fused-ring (bicyclic) bond motifs is 3. The number of hydrogen-bond donors (Lipinski definition) is 1. The molecule has 0 unspecified atom stereocenters. The van der Waals surface area contributed by atoms with E-state index in [1.165, 1.54) is 4.90 Å². The molecule has 2 aliphatic heterocycles. The van der Waals surface area contributed by atoms with Gasteiger partial charge in [-0.25, -0.2) is 0 Å². The van der Waals surface area contributed by atoms with Gasteiger partial charge < -0.3 is 14.6 Å². The molecule has 3 aliphatic rings. The van der Waals surface area contributed by atoms with Gasteiger partial charge in [-0.05, 0) is 71.4 Å².